The molecule has 0 atom stereocenters. The molecule has 0 radical (unpaired) electrons. The van der Waals surface area contributed by atoms with Crippen LogP contribution in [0.3, 0.4) is 0 Å². The maximum absolute atomic E-state index is 12.4. The minimum Gasteiger partial charge on any atom is -0.497 e. The molecule has 2 aromatic rings. The summed E-state index contributed by atoms with van der Waals surface area (Å²) < 4.78 is 10.4. The molecule has 0 aliphatic heterocycles. The number of aryl methyl sites for hydroxylation is 1. The number of methoxy groups -OCH3 is 2. The molecule has 0 N–H and O–H groups in total. The van der Waals surface area contributed by atoms with Gasteiger partial charge in [0.1, 0.15) is 11.5 Å². The van der Waals surface area contributed by atoms with Crippen LogP contribution >= 0.6 is 0 Å². The maximum Gasteiger partial charge on any atom is 0.167 e. The number of ether oxygens (including phenoxy) is 2. The standard InChI is InChI=1S/C18H20O3/c1-4-13-5-7-14(8-6-13)9-18(19)15-10-16(20-2)12-17(11-15)21-3/h5-8,10-12H,4,9H2,1-3H3. The van der Waals surface area contributed by atoms with Crippen LogP contribution in [0.4, 0.5) is 0 Å². The third-order valence-corrected chi connectivity index (χ3v) is 3.47. The molecule has 2 rings (SSSR count). The Balaban J connectivity index is 2.18. The van der Waals surface area contributed by atoms with Gasteiger partial charge in [-0.1, -0.05) is 31.2 Å². The van der Waals surface area contributed by atoms with E-state index in [1.807, 2.05) is 12.1 Å². The number of benzene rings is 2. The van der Waals surface area contributed by atoms with Crippen molar-refractivity contribution in [3.05, 3.63) is 59.2 Å². The Kier molecular flexibility index (Phi) is 4.99. The van der Waals surface area contributed by atoms with Gasteiger partial charge in [0, 0.05) is 18.1 Å². The SMILES string of the molecule is CCc1ccc(CC(=O)c2cc(OC)cc(OC)c2)cc1. The van der Waals surface area contributed by atoms with E-state index >= 15 is 0 Å². The average Bonchev–Trinajstić information content (AvgIpc) is 2.54. The molecular weight excluding hydrogens is 264 g/mol. The largest absolute Gasteiger partial charge is 0.497 e. The van der Waals surface area contributed by atoms with Gasteiger partial charge in [0.2, 0.25) is 0 Å². The van der Waals surface area contributed by atoms with Gasteiger partial charge in [-0.3, -0.25) is 4.79 Å². The summed E-state index contributed by atoms with van der Waals surface area (Å²) in [5.74, 6) is 1.30. The predicted molar refractivity (Wildman–Crippen MR) is 83.4 cm³/mol. The molecule has 0 bridgehead atoms. The highest BCUT2D eigenvalue weighted by Gasteiger charge is 2.10. The average molecular weight is 284 g/mol. The van der Waals surface area contributed by atoms with Crippen LogP contribution in [0.15, 0.2) is 42.5 Å². The van der Waals surface area contributed by atoms with Gasteiger partial charge in [0.15, 0.2) is 5.78 Å². The van der Waals surface area contributed by atoms with E-state index in [1.165, 1.54) is 5.56 Å². The van der Waals surface area contributed by atoms with Crippen LogP contribution in [0.1, 0.15) is 28.4 Å². The van der Waals surface area contributed by atoms with E-state index in [0.29, 0.717) is 23.5 Å². The van der Waals surface area contributed by atoms with E-state index in [0.717, 1.165) is 12.0 Å². The monoisotopic (exact) mass is 284 g/mol. The molecule has 0 saturated heterocycles. The van der Waals surface area contributed by atoms with Crippen molar-refractivity contribution < 1.29 is 14.3 Å². The molecule has 0 saturated carbocycles. The Morgan fingerprint density at radius 3 is 1.90 bits per heavy atom. The van der Waals surface area contributed by atoms with E-state index < -0.39 is 0 Å². The van der Waals surface area contributed by atoms with Gasteiger partial charge in [-0.05, 0) is 29.7 Å². The van der Waals surface area contributed by atoms with Gasteiger partial charge in [0.05, 0.1) is 14.2 Å². The minimum atomic E-state index is 0.0523. The highest BCUT2D eigenvalue weighted by Crippen LogP contribution is 2.23. The number of carbonyl (C=O) groups is 1. The van der Waals surface area contributed by atoms with E-state index in [4.69, 9.17) is 9.47 Å². The smallest absolute Gasteiger partial charge is 0.167 e. The van der Waals surface area contributed by atoms with Gasteiger partial charge >= 0.3 is 0 Å². The van der Waals surface area contributed by atoms with Crippen LogP contribution < -0.4 is 9.47 Å². The quantitative estimate of drug-likeness (QED) is 0.759. The number of ketones is 1. The van der Waals surface area contributed by atoms with E-state index in [9.17, 15) is 4.79 Å². The highest BCUT2D eigenvalue weighted by molar-refractivity contribution is 5.98. The zero-order valence-electron chi connectivity index (χ0n) is 12.7. The molecule has 0 spiro atoms. The number of carbonyl (C=O) groups excluding carboxylic acids is 1. The van der Waals surface area contributed by atoms with Gasteiger partial charge in [-0.2, -0.15) is 0 Å². The van der Waals surface area contributed by atoms with Crippen LogP contribution in [0.2, 0.25) is 0 Å². The van der Waals surface area contributed by atoms with Gasteiger partial charge < -0.3 is 9.47 Å². The summed E-state index contributed by atoms with van der Waals surface area (Å²) in [7, 11) is 3.15. The predicted octanol–water partition coefficient (Wildman–Crippen LogP) is 3.69. The molecular formula is C18H20O3. The Hall–Kier alpha value is -2.29. The van der Waals surface area contributed by atoms with Crippen molar-refractivity contribution in [3.63, 3.8) is 0 Å². The molecule has 21 heavy (non-hydrogen) atoms. The third-order valence-electron chi connectivity index (χ3n) is 3.47. The summed E-state index contributed by atoms with van der Waals surface area (Å²) in [6, 6.07) is 13.4. The number of hydrogen-bond acceptors (Lipinski definition) is 3. The van der Waals surface area contributed by atoms with Crippen LogP contribution in [0.25, 0.3) is 0 Å². The molecule has 3 nitrogen and oxygen atoms in total. The molecule has 0 fully saturated rings. The van der Waals surface area contributed by atoms with E-state index in [2.05, 4.69) is 19.1 Å². The fraction of sp³-hybridized carbons (Fsp3) is 0.278. The van der Waals surface area contributed by atoms with Crippen molar-refractivity contribution in [2.24, 2.45) is 0 Å². The van der Waals surface area contributed by atoms with E-state index in [-0.39, 0.29) is 5.78 Å². The summed E-state index contributed by atoms with van der Waals surface area (Å²) in [5.41, 5.74) is 2.89. The van der Waals surface area contributed by atoms with Crippen LogP contribution in [-0.4, -0.2) is 20.0 Å². The van der Waals surface area contributed by atoms with Crippen molar-refractivity contribution in [2.75, 3.05) is 14.2 Å². The highest BCUT2D eigenvalue weighted by atomic mass is 16.5. The lowest BCUT2D eigenvalue weighted by molar-refractivity contribution is 0.0992. The second-order valence-electron chi connectivity index (χ2n) is 4.87. The van der Waals surface area contributed by atoms with Crippen molar-refractivity contribution in [1.29, 1.82) is 0 Å². The molecule has 3 heteroatoms. The zero-order chi connectivity index (χ0) is 15.2. The number of hydrogen-bond donors (Lipinski definition) is 0. The summed E-state index contributed by atoms with van der Waals surface area (Å²) >= 11 is 0. The van der Waals surface area contributed by atoms with Crippen molar-refractivity contribution in [3.8, 4) is 11.5 Å². The topological polar surface area (TPSA) is 35.5 Å². The molecule has 0 heterocycles. The first kappa shape index (κ1) is 15.1. The molecule has 0 aliphatic rings. The molecule has 0 unspecified atom stereocenters. The Labute approximate surface area is 125 Å². The summed E-state index contributed by atoms with van der Waals surface area (Å²) in [6.45, 7) is 2.11. The fourth-order valence-electron chi connectivity index (χ4n) is 2.15. The zero-order valence-corrected chi connectivity index (χ0v) is 12.7. The van der Waals surface area contributed by atoms with Crippen molar-refractivity contribution in [1.82, 2.24) is 0 Å². The molecule has 2 aromatic carbocycles. The number of Topliss-reactive ketones (excluding diaryl/α,β-unsaturated/α-hetero) is 1. The third kappa shape index (κ3) is 3.85. The first-order valence-corrected chi connectivity index (χ1v) is 7.00. The minimum absolute atomic E-state index is 0.0523. The van der Waals surface area contributed by atoms with Gasteiger partial charge in [0.25, 0.3) is 0 Å². The second-order valence-corrected chi connectivity index (χ2v) is 4.87. The van der Waals surface area contributed by atoms with Gasteiger partial charge in [-0.15, -0.1) is 0 Å². The van der Waals surface area contributed by atoms with Crippen LogP contribution in [0, 0.1) is 0 Å². The lowest BCUT2D eigenvalue weighted by Crippen LogP contribution is -2.04. The maximum atomic E-state index is 12.4. The normalized spacial score (nSPS) is 10.2. The van der Waals surface area contributed by atoms with Crippen molar-refractivity contribution in [2.45, 2.75) is 19.8 Å². The second kappa shape index (κ2) is 6.93. The lowest BCUT2D eigenvalue weighted by atomic mass is 10.0. The Morgan fingerprint density at radius 2 is 1.43 bits per heavy atom. The molecule has 0 amide bonds. The summed E-state index contributed by atoms with van der Waals surface area (Å²) in [4.78, 5) is 12.4. The van der Waals surface area contributed by atoms with Crippen LogP contribution in [-0.2, 0) is 12.8 Å². The first-order chi connectivity index (χ1) is 10.2. The Morgan fingerprint density at radius 1 is 0.905 bits per heavy atom. The summed E-state index contributed by atoms with van der Waals surface area (Å²) in [6.07, 6.45) is 1.38. The van der Waals surface area contributed by atoms with Gasteiger partial charge in [-0.25, -0.2) is 0 Å². The summed E-state index contributed by atoms with van der Waals surface area (Å²) in [5, 5.41) is 0. The fourth-order valence-corrected chi connectivity index (χ4v) is 2.15. The molecule has 0 aromatic heterocycles. The Bertz CT molecular complexity index is 593. The number of rotatable bonds is 6. The lowest BCUT2D eigenvalue weighted by Gasteiger charge is -2.08. The van der Waals surface area contributed by atoms with Crippen molar-refractivity contribution >= 4 is 5.78 Å². The van der Waals surface area contributed by atoms with E-state index in [1.54, 1.807) is 32.4 Å². The van der Waals surface area contributed by atoms with Crippen LogP contribution in [0.5, 0.6) is 11.5 Å². The molecule has 110 valence electrons. The molecule has 0 aliphatic carbocycles. The first-order valence-electron chi connectivity index (χ1n) is 7.00.